The molecule has 2 aromatic rings. The Morgan fingerprint density at radius 1 is 1.12 bits per heavy atom. The smallest absolute Gasteiger partial charge is 0.338 e. The van der Waals surface area contributed by atoms with Crippen LogP contribution in [0, 0.1) is 11.3 Å². The number of carboxylic acids is 1. The zero-order chi connectivity index (χ0) is 26.2. The zero-order valence-electron chi connectivity index (χ0n) is 21.9. The van der Waals surface area contributed by atoms with Crippen LogP contribution in [0.1, 0.15) is 54.5 Å². The van der Waals surface area contributed by atoms with Crippen LogP contribution in [-0.2, 0) is 16.1 Å². The maximum absolute atomic E-state index is 12.3. The number of cyclic esters (lactones) is 1. The molecule has 32 heavy (non-hydrogen) atoms. The van der Waals surface area contributed by atoms with E-state index < -0.39 is 37.6 Å². The minimum absolute atomic E-state index is 0.0501. The standard InChI is InChI=1S/C25H28O7/c1-14(2)22(25(24(27)28)10-5-11-25)32-20-17(8-9-19(29-3)21(20)30-4)15-6-7-18-16(12-15)13-31-23(18)26/h6-9,12,14,22H,5,10-11,13H2,1-4H3,(H,27,28)/i3D2,4D2. The van der Waals surface area contributed by atoms with E-state index in [1.165, 1.54) is 6.07 Å². The molecular formula is C25H28O7. The summed E-state index contributed by atoms with van der Waals surface area (Å²) < 4.78 is 52.7. The fourth-order valence-electron chi connectivity index (χ4n) is 4.59. The topological polar surface area (TPSA) is 91.3 Å². The number of hydrogen-bond donors (Lipinski definition) is 1. The van der Waals surface area contributed by atoms with Crippen LogP contribution in [0.5, 0.6) is 17.2 Å². The number of hydrogen-bond acceptors (Lipinski definition) is 6. The molecule has 4 rings (SSSR count). The third-order valence-corrected chi connectivity index (χ3v) is 6.38. The normalized spacial score (nSPS) is 19.2. The first-order valence-electron chi connectivity index (χ1n) is 12.7. The van der Waals surface area contributed by atoms with Crippen LogP contribution in [-0.4, -0.2) is 37.3 Å². The number of aliphatic carboxylic acids is 1. The molecule has 0 saturated heterocycles. The maximum atomic E-state index is 12.3. The molecule has 1 aliphatic carbocycles. The number of rotatable bonds is 8. The molecule has 1 saturated carbocycles. The molecule has 1 atom stereocenters. The second-order valence-electron chi connectivity index (χ2n) is 8.55. The quantitative estimate of drug-likeness (QED) is 0.590. The molecule has 1 heterocycles. The van der Waals surface area contributed by atoms with Crippen LogP contribution >= 0.6 is 0 Å². The van der Waals surface area contributed by atoms with Crippen LogP contribution in [0.15, 0.2) is 30.3 Å². The van der Waals surface area contributed by atoms with E-state index in [9.17, 15) is 14.7 Å². The van der Waals surface area contributed by atoms with E-state index in [1.54, 1.807) is 24.3 Å². The van der Waals surface area contributed by atoms with Crippen molar-refractivity contribution >= 4 is 11.9 Å². The first-order chi connectivity index (χ1) is 17.0. The molecule has 170 valence electrons. The van der Waals surface area contributed by atoms with Gasteiger partial charge in [0.05, 0.1) is 25.2 Å². The first kappa shape index (κ1) is 17.3. The van der Waals surface area contributed by atoms with Gasteiger partial charge in [0.2, 0.25) is 5.75 Å². The summed E-state index contributed by atoms with van der Waals surface area (Å²) in [5.74, 6) is -1.79. The van der Waals surface area contributed by atoms with Gasteiger partial charge in [0.1, 0.15) is 18.1 Å². The average Bonchev–Trinajstić information content (AvgIpc) is 3.13. The number of benzene rings is 2. The molecule has 0 radical (unpaired) electrons. The maximum Gasteiger partial charge on any atom is 0.338 e. The summed E-state index contributed by atoms with van der Waals surface area (Å²) in [6.07, 6.45) is 0.841. The molecule has 1 N–H and O–H groups in total. The number of ether oxygens (including phenoxy) is 4. The average molecular weight is 445 g/mol. The molecular weight excluding hydrogens is 412 g/mol. The summed E-state index contributed by atoms with van der Waals surface area (Å²) in [6.45, 7) is 3.82. The molecule has 0 aromatic heterocycles. The van der Waals surface area contributed by atoms with Crippen LogP contribution < -0.4 is 14.2 Å². The van der Waals surface area contributed by atoms with Crippen molar-refractivity contribution in [2.24, 2.45) is 11.3 Å². The van der Waals surface area contributed by atoms with E-state index in [0.29, 0.717) is 35.1 Å². The van der Waals surface area contributed by atoms with Crippen molar-refractivity contribution in [1.29, 1.82) is 0 Å². The highest BCUT2D eigenvalue weighted by atomic mass is 16.5. The highest BCUT2D eigenvalue weighted by Gasteiger charge is 2.53. The molecule has 7 nitrogen and oxygen atoms in total. The number of carbonyl (C=O) groups excluding carboxylic acids is 1. The predicted molar refractivity (Wildman–Crippen MR) is 117 cm³/mol. The van der Waals surface area contributed by atoms with Crippen molar-refractivity contribution in [3.8, 4) is 28.4 Å². The molecule has 7 heteroatoms. The second-order valence-corrected chi connectivity index (χ2v) is 8.55. The van der Waals surface area contributed by atoms with Gasteiger partial charge in [0, 0.05) is 11.1 Å². The minimum atomic E-state index is -1.79. The summed E-state index contributed by atoms with van der Waals surface area (Å²) >= 11 is 0. The van der Waals surface area contributed by atoms with Gasteiger partial charge in [-0.1, -0.05) is 26.3 Å². The van der Waals surface area contributed by atoms with Crippen molar-refractivity contribution in [2.45, 2.75) is 45.8 Å². The van der Waals surface area contributed by atoms with Crippen LogP contribution in [0.2, 0.25) is 0 Å². The number of carboxylic acid groups (broad SMARTS) is 1. The highest BCUT2D eigenvalue weighted by molar-refractivity contribution is 5.94. The Morgan fingerprint density at radius 3 is 2.50 bits per heavy atom. The minimum Gasteiger partial charge on any atom is -0.493 e. The third kappa shape index (κ3) is 3.45. The van der Waals surface area contributed by atoms with Crippen LogP contribution in [0.4, 0.5) is 0 Å². The molecule has 1 unspecified atom stereocenters. The summed E-state index contributed by atoms with van der Waals surface area (Å²) in [5, 5.41) is 10.1. The van der Waals surface area contributed by atoms with E-state index in [1.807, 2.05) is 13.8 Å². The summed E-state index contributed by atoms with van der Waals surface area (Å²) in [4.78, 5) is 24.3. The van der Waals surface area contributed by atoms with E-state index in [0.717, 1.165) is 6.42 Å². The van der Waals surface area contributed by atoms with Gasteiger partial charge in [-0.25, -0.2) is 4.79 Å². The Balaban J connectivity index is 1.90. The van der Waals surface area contributed by atoms with Crippen molar-refractivity contribution in [1.82, 2.24) is 0 Å². The Hall–Kier alpha value is -3.22. The summed E-state index contributed by atoms with van der Waals surface area (Å²) in [7, 11) is -3.51. The largest absolute Gasteiger partial charge is 0.493 e. The van der Waals surface area contributed by atoms with Crippen LogP contribution in [0.25, 0.3) is 11.1 Å². The third-order valence-electron chi connectivity index (χ3n) is 6.38. The second kappa shape index (κ2) is 8.37. The number of carbonyl (C=O) groups is 2. The number of methoxy groups -OCH3 is 2. The van der Waals surface area contributed by atoms with E-state index in [-0.39, 0.29) is 29.8 Å². The van der Waals surface area contributed by atoms with Gasteiger partial charge in [-0.3, -0.25) is 4.79 Å². The molecule has 0 amide bonds. The fraction of sp³-hybridized carbons (Fsp3) is 0.440. The predicted octanol–water partition coefficient (Wildman–Crippen LogP) is 4.70. The Bertz CT molecular complexity index is 1160. The van der Waals surface area contributed by atoms with Gasteiger partial charge in [0.25, 0.3) is 0 Å². The van der Waals surface area contributed by atoms with Gasteiger partial charge in [-0.15, -0.1) is 0 Å². The lowest BCUT2D eigenvalue weighted by molar-refractivity contribution is -0.166. The molecule has 1 aliphatic heterocycles. The monoisotopic (exact) mass is 444 g/mol. The van der Waals surface area contributed by atoms with Crippen LogP contribution in [0.3, 0.4) is 0 Å². The number of fused-ring (bicyclic) bond motifs is 1. The van der Waals surface area contributed by atoms with Gasteiger partial charge >= 0.3 is 11.9 Å². The van der Waals surface area contributed by atoms with E-state index >= 15 is 0 Å². The van der Waals surface area contributed by atoms with E-state index in [4.69, 9.17) is 24.4 Å². The molecule has 0 spiro atoms. The lowest BCUT2D eigenvalue weighted by atomic mass is 9.62. The lowest BCUT2D eigenvalue weighted by Crippen LogP contribution is -2.52. The molecule has 2 aliphatic rings. The number of esters is 1. The Labute approximate surface area is 192 Å². The van der Waals surface area contributed by atoms with Gasteiger partial charge in [0.15, 0.2) is 11.5 Å². The highest BCUT2D eigenvalue weighted by Crippen LogP contribution is 2.51. The van der Waals surface area contributed by atoms with Gasteiger partial charge in [-0.2, -0.15) is 0 Å². The van der Waals surface area contributed by atoms with Crippen molar-refractivity contribution in [3.63, 3.8) is 0 Å². The molecule has 0 bridgehead atoms. The van der Waals surface area contributed by atoms with Gasteiger partial charge < -0.3 is 24.1 Å². The zero-order valence-corrected chi connectivity index (χ0v) is 17.9. The SMILES string of the molecule is [2H]C([2H])Oc1ccc(-c2ccc3c(c2)COC3=O)c(OC(C(C)C)C2(C(=O)O)CCC2)c1OC([2H])[2H]. The van der Waals surface area contributed by atoms with Crippen molar-refractivity contribution < 1.29 is 39.1 Å². The Kier molecular flexibility index (Phi) is 4.54. The molecule has 1 fully saturated rings. The van der Waals surface area contributed by atoms with Crippen molar-refractivity contribution in [3.05, 3.63) is 41.5 Å². The fourth-order valence-corrected chi connectivity index (χ4v) is 4.59. The van der Waals surface area contributed by atoms with Crippen molar-refractivity contribution in [2.75, 3.05) is 14.1 Å². The first-order valence-corrected chi connectivity index (χ1v) is 10.4. The summed E-state index contributed by atoms with van der Waals surface area (Å²) in [6, 6.07) is 8.14. The van der Waals surface area contributed by atoms with E-state index in [2.05, 4.69) is 0 Å². The van der Waals surface area contributed by atoms with Gasteiger partial charge in [-0.05, 0) is 48.6 Å². The summed E-state index contributed by atoms with van der Waals surface area (Å²) in [5.41, 5.74) is 1.06. The Morgan fingerprint density at radius 2 is 1.88 bits per heavy atom. The molecule has 2 aromatic carbocycles. The lowest BCUT2D eigenvalue weighted by Gasteiger charge is -2.45.